The number of benzene rings is 1. The Labute approximate surface area is 113 Å². The number of furan rings is 1. The van der Waals surface area contributed by atoms with Crippen molar-refractivity contribution in [1.29, 1.82) is 0 Å². The highest BCUT2D eigenvalue weighted by atomic mass is 35.5. The molecule has 19 heavy (non-hydrogen) atoms. The first-order valence-corrected chi connectivity index (χ1v) is 6.30. The molecule has 0 saturated heterocycles. The summed E-state index contributed by atoms with van der Waals surface area (Å²) in [5.74, 6) is 0. The van der Waals surface area contributed by atoms with E-state index in [4.69, 9.17) is 16.0 Å². The van der Waals surface area contributed by atoms with E-state index in [1.165, 1.54) is 0 Å². The fourth-order valence-electron chi connectivity index (χ4n) is 2.44. The Balaban J connectivity index is 2.09. The van der Waals surface area contributed by atoms with Crippen molar-refractivity contribution in [2.24, 2.45) is 0 Å². The SMILES string of the molecule is Clc1cc(-c2cccc3c2[nH]c2ccoc23)ccn1. The highest BCUT2D eigenvalue weighted by Gasteiger charge is 2.11. The predicted octanol–water partition coefficient (Wildman–Crippen LogP) is 4.63. The van der Waals surface area contributed by atoms with Gasteiger partial charge in [-0.25, -0.2) is 4.98 Å². The molecule has 1 N–H and O–H groups in total. The fourth-order valence-corrected chi connectivity index (χ4v) is 2.61. The molecule has 3 nitrogen and oxygen atoms in total. The Morgan fingerprint density at radius 2 is 2.11 bits per heavy atom. The summed E-state index contributed by atoms with van der Waals surface area (Å²) in [5.41, 5.74) is 5.07. The number of aromatic amines is 1. The molecule has 0 bridgehead atoms. The van der Waals surface area contributed by atoms with Crippen LogP contribution >= 0.6 is 11.6 Å². The van der Waals surface area contributed by atoms with Crippen molar-refractivity contribution >= 4 is 33.6 Å². The zero-order valence-corrected chi connectivity index (χ0v) is 10.6. The molecule has 1 aromatic carbocycles. The number of nitrogens with one attached hydrogen (secondary N) is 1. The molecule has 92 valence electrons. The van der Waals surface area contributed by atoms with Crippen molar-refractivity contribution < 1.29 is 4.42 Å². The second-order valence-corrected chi connectivity index (χ2v) is 4.77. The van der Waals surface area contributed by atoms with Crippen molar-refractivity contribution in [2.75, 3.05) is 0 Å². The van der Waals surface area contributed by atoms with E-state index in [1.807, 2.05) is 30.3 Å². The topological polar surface area (TPSA) is 41.8 Å². The average molecular weight is 269 g/mol. The average Bonchev–Trinajstić information content (AvgIpc) is 2.98. The fraction of sp³-hybridized carbons (Fsp3) is 0. The molecule has 0 unspecified atom stereocenters. The summed E-state index contributed by atoms with van der Waals surface area (Å²) in [5, 5.41) is 1.56. The molecule has 0 aliphatic rings. The molecule has 0 fully saturated rings. The van der Waals surface area contributed by atoms with Gasteiger partial charge in [-0.3, -0.25) is 0 Å². The van der Waals surface area contributed by atoms with Crippen molar-refractivity contribution in [3.05, 3.63) is 54.0 Å². The summed E-state index contributed by atoms with van der Waals surface area (Å²) in [4.78, 5) is 7.40. The van der Waals surface area contributed by atoms with Crippen molar-refractivity contribution in [3.63, 3.8) is 0 Å². The second kappa shape index (κ2) is 3.87. The molecule has 4 aromatic rings. The van der Waals surface area contributed by atoms with Crippen molar-refractivity contribution in [3.8, 4) is 11.1 Å². The molecular formula is C15H9ClN2O. The van der Waals surface area contributed by atoms with Gasteiger partial charge < -0.3 is 9.40 Å². The quantitative estimate of drug-likeness (QED) is 0.511. The molecule has 0 saturated carbocycles. The van der Waals surface area contributed by atoms with E-state index in [0.29, 0.717) is 5.15 Å². The zero-order chi connectivity index (χ0) is 12.8. The number of aromatic nitrogens is 2. The third-order valence-electron chi connectivity index (χ3n) is 3.27. The summed E-state index contributed by atoms with van der Waals surface area (Å²) >= 11 is 5.96. The summed E-state index contributed by atoms with van der Waals surface area (Å²) in [6.45, 7) is 0. The van der Waals surface area contributed by atoms with Crippen LogP contribution < -0.4 is 0 Å². The first-order valence-electron chi connectivity index (χ1n) is 5.93. The maximum atomic E-state index is 5.96. The molecule has 4 heteroatoms. The Hall–Kier alpha value is -2.26. The monoisotopic (exact) mass is 268 g/mol. The summed E-state index contributed by atoms with van der Waals surface area (Å²) in [7, 11) is 0. The van der Waals surface area contributed by atoms with Crippen LogP contribution in [0.2, 0.25) is 5.15 Å². The number of nitrogens with zero attached hydrogens (tertiary/aromatic N) is 1. The van der Waals surface area contributed by atoms with E-state index < -0.39 is 0 Å². The largest absolute Gasteiger partial charge is 0.462 e. The van der Waals surface area contributed by atoms with Gasteiger partial charge >= 0.3 is 0 Å². The minimum atomic E-state index is 0.491. The molecule has 4 rings (SSSR count). The van der Waals surface area contributed by atoms with E-state index >= 15 is 0 Å². The van der Waals surface area contributed by atoms with Crippen LogP contribution in [-0.4, -0.2) is 9.97 Å². The lowest BCUT2D eigenvalue weighted by Gasteiger charge is -2.03. The Kier molecular flexibility index (Phi) is 2.17. The van der Waals surface area contributed by atoms with Gasteiger partial charge in [-0.1, -0.05) is 23.7 Å². The summed E-state index contributed by atoms with van der Waals surface area (Å²) in [6.07, 6.45) is 3.40. The van der Waals surface area contributed by atoms with Crippen molar-refractivity contribution in [1.82, 2.24) is 9.97 Å². The maximum Gasteiger partial charge on any atom is 0.159 e. The maximum absolute atomic E-state index is 5.96. The number of halogens is 1. The standard InChI is InChI=1S/C15H9ClN2O/c16-13-8-9(4-6-17-13)10-2-1-3-11-14(10)18-12-5-7-19-15(11)12/h1-8,18H. The highest BCUT2D eigenvalue weighted by molar-refractivity contribution is 6.29. The van der Waals surface area contributed by atoms with Crippen LogP contribution in [0.3, 0.4) is 0 Å². The number of para-hydroxylation sites is 1. The van der Waals surface area contributed by atoms with Crippen LogP contribution in [0.5, 0.6) is 0 Å². The van der Waals surface area contributed by atoms with Gasteiger partial charge in [-0.15, -0.1) is 0 Å². The van der Waals surface area contributed by atoms with Crippen molar-refractivity contribution in [2.45, 2.75) is 0 Å². The Morgan fingerprint density at radius 3 is 3.00 bits per heavy atom. The van der Waals surface area contributed by atoms with Gasteiger partial charge in [0.25, 0.3) is 0 Å². The molecule has 0 spiro atoms. The lowest BCUT2D eigenvalue weighted by atomic mass is 10.0. The van der Waals surface area contributed by atoms with Crippen LogP contribution in [0.4, 0.5) is 0 Å². The van der Waals surface area contributed by atoms with Gasteiger partial charge in [-0.05, 0) is 23.8 Å². The van der Waals surface area contributed by atoms with Gasteiger partial charge in [0.2, 0.25) is 0 Å². The van der Waals surface area contributed by atoms with E-state index in [1.54, 1.807) is 12.5 Å². The molecule has 0 aliphatic carbocycles. The number of rotatable bonds is 1. The normalized spacial score (nSPS) is 11.4. The van der Waals surface area contributed by atoms with Gasteiger partial charge in [0.15, 0.2) is 5.58 Å². The Bertz CT molecular complexity index is 891. The first kappa shape index (κ1) is 10.6. The minimum Gasteiger partial charge on any atom is -0.462 e. The van der Waals surface area contributed by atoms with Gasteiger partial charge in [0.05, 0.1) is 17.3 Å². The molecular weight excluding hydrogens is 260 g/mol. The molecule has 3 aromatic heterocycles. The molecule has 0 amide bonds. The molecule has 0 aliphatic heterocycles. The lowest BCUT2D eigenvalue weighted by Crippen LogP contribution is -1.82. The van der Waals surface area contributed by atoms with E-state index in [2.05, 4.69) is 16.0 Å². The van der Waals surface area contributed by atoms with Crippen LogP contribution in [-0.2, 0) is 0 Å². The van der Waals surface area contributed by atoms with Crippen LogP contribution in [0.15, 0.2) is 53.3 Å². The van der Waals surface area contributed by atoms with Crippen LogP contribution in [0.25, 0.3) is 33.1 Å². The molecule has 3 heterocycles. The third-order valence-corrected chi connectivity index (χ3v) is 3.48. The number of H-pyrrole nitrogens is 1. The smallest absolute Gasteiger partial charge is 0.159 e. The first-order chi connectivity index (χ1) is 9.33. The molecule has 0 atom stereocenters. The van der Waals surface area contributed by atoms with E-state index in [9.17, 15) is 0 Å². The van der Waals surface area contributed by atoms with Crippen LogP contribution in [0, 0.1) is 0 Å². The lowest BCUT2D eigenvalue weighted by molar-refractivity contribution is 0.619. The van der Waals surface area contributed by atoms with Gasteiger partial charge in [0, 0.05) is 23.2 Å². The zero-order valence-electron chi connectivity index (χ0n) is 9.85. The van der Waals surface area contributed by atoms with Crippen LogP contribution in [0.1, 0.15) is 0 Å². The number of hydrogen-bond acceptors (Lipinski definition) is 2. The predicted molar refractivity (Wildman–Crippen MR) is 76.3 cm³/mol. The number of pyridine rings is 1. The second-order valence-electron chi connectivity index (χ2n) is 4.38. The minimum absolute atomic E-state index is 0.491. The van der Waals surface area contributed by atoms with E-state index in [-0.39, 0.29) is 0 Å². The van der Waals surface area contributed by atoms with Gasteiger partial charge in [0.1, 0.15) is 5.15 Å². The molecule has 0 radical (unpaired) electrons. The third kappa shape index (κ3) is 1.55. The summed E-state index contributed by atoms with van der Waals surface area (Å²) < 4.78 is 5.52. The van der Waals surface area contributed by atoms with Gasteiger partial charge in [-0.2, -0.15) is 0 Å². The highest BCUT2D eigenvalue weighted by Crippen LogP contribution is 2.33. The Morgan fingerprint density at radius 1 is 1.16 bits per heavy atom. The number of hydrogen-bond donors (Lipinski definition) is 1. The van der Waals surface area contributed by atoms with E-state index in [0.717, 1.165) is 33.1 Å². The number of fused-ring (bicyclic) bond motifs is 3. The summed E-state index contributed by atoms with van der Waals surface area (Å²) in [6, 6.07) is 11.9.